The van der Waals surface area contributed by atoms with Gasteiger partial charge in [-0.05, 0) is 6.42 Å². The average Bonchev–Trinajstić information content (AvgIpc) is 1.83. The predicted octanol–water partition coefficient (Wildman–Crippen LogP) is 0.203. The number of hydrogen-bond acceptors (Lipinski definition) is 2. The second-order valence-electron chi connectivity index (χ2n) is 1.57. The van der Waals surface area contributed by atoms with Crippen LogP contribution in [0.15, 0.2) is 0 Å². The van der Waals surface area contributed by atoms with Crippen LogP contribution in [0.5, 0.6) is 0 Å². The zero-order valence-corrected chi connectivity index (χ0v) is 5.92. The Balaban J connectivity index is 2.99. The molecule has 0 aliphatic rings. The van der Waals surface area contributed by atoms with E-state index in [1.807, 2.05) is 0 Å². The molecule has 0 bridgehead atoms. The molecule has 3 heteroatoms. The molecule has 48 valence electrons. The summed E-state index contributed by atoms with van der Waals surface area (Å²) < 4.78 is 0. The van der Waals surface area contributed by atoms with E-state index in [-0.39, 0.29) is 12.4 Å². The summed E-state index contributed by atoms with van der Waals surface area (Å²) in [6, 6.07) is 0. The van der Waals surface area contributed by atoms with E-state index in [9.17, 15) is 4.79 Å². The fraction of sp³-hybridized carbons (Fsp3) is 0.800. The van der Waals surface area contributed by atoms with E-state index in [2.05, 4.69) is 9.24 Å². The van der Waals surface area contributed by atoms with Gasteiger partial charge in [-0.25, -0.2) is 0 Å². The fourth-order valence-corrected chi connectivity index (χ4v) is 0.582. The van der Waals surface area contributed by atoms with E-state index in [1.165, 1.54) is 0 Å². The molecule has 0 heterocycles. The van der Waals surface area contributed by atoms with Crippen molar-refractivity contribution in [2.24, 2.45) is 0 Å². The Kier molecular flexibility index (Phi) is 5.24. The second-order valence-corrected chi connectivity index (χ2v) is 1.98. The van der Waals surface area contributed by atoms with Crippen LogP contribution in [0, 0.1) is 0 Å². The molecule has 1 atom stereocenters. The van der Waals surface area contributed by atoms with E-state index < -0.39 is 0 Å². The van der Waals surface area contributed by atoms with Crippen molar-refractivity contribution in [3.05, 3.63) is 0 Å². The lowest BCUT2D eigenvalue weighted by Crippen LogP contribution is -1.99. The molecule has 0 spiro atoms. The monoisotopic (exact) mass is 134 g/mol. The molecule has 1 N–H and O–H groups in total. The maximum Gasteiger partial charge on any atom is 0.136 e. The Hall–Kier alpha value is 0.0600. The molecule has 0 saturated carbocycles. The number of hydrogen-bond donors (Lipinski definition) is 1. The van der Waals surface area contributed by atoms with Crippen LogP contribution in [0.4, 0.5) is 0 Å². The minimum absolute atomic E-state index is 0.121. The lowest BCUT2D eigenvalue weighted by Gasteiger charge is -1.90. The minimum Gasteiger partial charge on any atom is -0.396 e. The zero-order chi connectivity index (χ0) is 6.41. The molecular formula is C5H11O2P. The van der Waals surface area contributed by atoms with Gasteiger partial charge in [-0.1, -0.05) is 0 Å². The van der Waals surface area contributed by atoms with Crippen molar-refractivity contribution in [3.8, 4) is 0 Å². The Morgan fingerprint density at radius 3 is 2.62 bits per heavy atom. The van der Waals surface area contributed by atoms with Crippen molar-refractivity contribution in [1.82, 2.24) is 0 Å². The van der Waals surface area contributed by atoms with Crippen LogP contribution in [-0.2, 0) is 4.79 Å². The number of rotatable bonds is 4. The maximum atomic E-state index is 10.4. The summed E-state index contributed by atoms with van der Waals surface area (Å²) in [7, 11) is 2.36. The topological polar surface area (TPSA) is 37.3 Å². The Labute approximate surface area is 51.5 Å². The molecule has 1 unspecified atom stereocenters. The predicted molar refractivity (Wildman–Crippen MR) is 35.9 cm³/mol. The minimum atomic E-state index is 0.121. The van der Waals surface area contributed by atoms with E-state index in [1.54, 1.807) is 0 Å². The largest absolute Gasteiger partial charge is 0.396 e. The SMILES string of the molecule is O=C(CP)CCCO. The third kappa shape index (κ3) is 4.23. The molecule has 0 rings (SSSR count). The fourth-order valence-electron chi connectivity index (χ4n) is 0.378. The zero-order valence-electron chi connectivity index (χ0n) is 4.76. The third-order valence-electron chi connectivity index (χ3n) is 0.841. The van der Waals surface area contributed by atoms with Crippen LogP contribution in [0.2, 0.25) is 0 Å². The molecule has 0 fully saturated rings. The van der Waals surface area contributed by atoms with Gasteiger partial charge in [-0.2, -0.15) is 0 Å². The van der Waals surface area contributed by atoms with Gasteiger partial charge in [-0.15, -0.1) is 9.24 Å². The Morgan fingerprint density at radius 1 is 1.62 bits per heavy atom. The van der Waals surface area contributed by atoms with Crippen molar-refractivity contribution in [2.75, 3.05) is 12.8 Å². The van der Waals surface area contributed by atoms with Crippen molar-refractivity contribution >= 4 is 15.0 Å². The first kappa shape index (κ1) is 8.06. The van der Waals surface area contributed by atoms with Gasteiger partial charge >= 0.3 is 0 Å². The van der Waals surface area contributed by atoms with Crippen molar-refractivity contribution in [1.29, 1.82) is 0 Å². The van der Waals surface area contributed by atoms with E-state index >= 15 is 0 Å². The van der Waals surface area contributed by atoms with Gasteiger partial charge in [0.1, 0.15) is 5.78 Å². The van der Waals surface area contributed by atoms with Gasteiger partial charge in [0.05, 0.1) is 0 Å². The summed E-state index contributed by atoms with van der Waals surface area (Å²) >= 11 is 0. The number of aliphatic hydroxyl groups is 1. The van der Waals surface area contributed by atoms with Crippen LogP contribution in [-0.4, -0.2) is 23.7 Å². The highest BCUT2D eigenvalue weighted by Crippen LogP contribution is 1.92. The second kappa shape index (κ2) is 5.20. The van der Waals surface area contributed by atoms with Gasteiger partial charge in [0.2, 0.25) is 0 Å². The van der Waals surface area contributed by atoms with Gasteiger partial charge in [0, 0.05) is 19.2 Å². The smallest absolute Gasteiger partial charge is 0.136 e. The Morgan fingerprint density at radius 2 is 2.25 bits per heavy atom. The Bertz CT molecular complexity index is 72.8. The first-order valence-corrected chi connectivity index (χ1v) is 3.45. The quantitative estimate of drug-likeness (QED) is 0.558. The molecule has 0 aromatic carbocycles. The highest BCUT2D eigenvalue weighted by molar-refractivity contribution is 7.18. The molecule has 8 heavy (non-hydrogen) atoms. The molecular weight excluding hydrogens is 123 g/mol. The van der Waals surface area contributed by atoms with Gasteiger partial charge in [0.15, 0.2) is 0 Å². The normalized spacial score (nSPS) is 9.25. The number of aliphatic hydroxyl groups excluding tert-OH is 1. The van der Waals surface area contributed by atoms with Gasteiger partial charge in [-0.3, -0.25) is 4.79 Å². The summed E-state index contributed by atoms with van der Waals surface area (Å²) in [6.07, 6.45) is 1.63. The van der Waals surface area contributed by atoms with Crippen LogP contribution < -0.4 is 0 Å². The van der Waals surface area contributed by atoms with E-state index in [0.717, 1.165) is 0 Å². The van der Waals surface area contributed by atoms with Crippen LogP contribution in [0.3, 0.4) is 0 Å². The summed E-state index contributed by atoms with van der Waals surface area (Å²) in [5.41, 5.74) is 0. The van der Waals surface area contributed by atoms with E-state index in [0.29, 0.717) is 19.0 Å². The van der Waals surface area contributed by atoms with Crippen LogP contribution >= 0.6 is 9.24 Å². The number of ketones is 1. The number of Topliss-reactive ketones (excluding diaryl/α,β-unsaturated/α-hetero) is 1. The third-order valence-corrected chi connectivity index (χ3v) is 1.30. The highest BCUT2D eigenvalue weighted by Gasteiger charge is 1.94. The van der Waals surface area contributed by atoms with Gasteiger partial charge in [0.25, 0.3) is 0 Å². The molecule has 0 amide bonds. The molecule has 0 aliphatic carbocycles. The number of carbonyl (C=O) groups is 1. The molecule has 0 aromatic heterocycles. The first-order valence-electron chi connectivity index (χ1n) is 2.64. The van der Waals surface area contributed by atoms with Crippen LogP contribution in [0.25, 0.3) is 0 Å². The summed E-state index contributed by atoms with van der Waals surface area (Å²) in [4.78, 5) is 10.4. The summed E-state index contributed by atoms with van der Waals surface area (Å²) in [6.45, 7) is 0.121. The lowest BCUT2D eigenvalue weighted by atomic mass is 10.2. The molecule has 0 aromatic rings. The van der Waals surface area contributed by atoms with Crippen molar-refractivity contribution in [2.45, 2.75) is 12.8 Å². The molecule has 0 radical (unpaired) electrons. The van der Waals surface area contributed by atoms with Crippen molar-refractivity contribution < 1.29 is 9.90 Å². The highest BCUT2D eigenvalue weighted by atomic mass is 31.0. The summed E-state index contributed by atoms with van der Waals surface area (Å²) in [5.74, 6) is 0.198. The molecule has 2 nitrogen and oxygen atoms in total. The average molecular weight is 134 g/mol. The standard InChI is InChI=1S/C5H11O2P/c6-3-1-2-5(7)4-8/h6H,1-4,8H2. The van der Waals surface area contributed by atoms with Gasteiger partial charge < -0.3 is 5.11 Å². The maximum absolute atomic E-state index is 10.4. The molecule has 0 saturated heterocycles. The van der Waals surface area contributed by atoms with E-state index in [4.69, 9.17) is 5.11 Å². The van der Waals surface area contributed by atoms with Crippen LogP contribution in [0.1, 0.15) is 12.8 Å². The summed E-state index contributed by atoms with van der Waals surface area (Å²) in [5, 5.41) is 8.25. The molecule has 0 aliphatic heterocycles. The first-order chi connectivity index (χ1) is 3.81. The van der Waals surface area contributed by atoms with Crippen molar-refractivity contribution in [3.63, 3.8) is 0 Å². The number of carbonyl (C=O) groups excluding carboxylic acids is 1. The lowest BCUT2D eigenvalue weighted by molar-refractivity contribution is -0.116.